The van der Waals surface area contributed by atoms with E-state index in [0.717, 1.165) is 0 Å². The third-order valence-corrected chi connectivity index (χ3v) is 0.948. The van der Waals surface area contributed by atoms with E-state index < -0.39 is 0 Å². The van der Waals surface area contributed by atoms with Gasteiger partial charge in [-0.2, -0.15) is 0 Å². The molecule has 1 rings (SSSR count). The highest BCUT2D eigenvalue weighted by molar-refractivity contribution is 4.96. The van der Waals surface area contributed by atoms with Crippen molar-refractivity contribution in [1.29, 1.82) is 0 Å². The average Bonchev–Trinajstić information content (AvgIpc) is 1.77. The Bertz CT molecular complexity index is 99.6. The second-order valence-corrected chi connectivity index (χ2v) is 1.71. The van der Waals surface area contributed by atoms with Crippen LogP contribution in [0.2, 0.25) is 0 Å². The highest BCUT2D eigenvalue weighted by Crippen LogP contribution is 1.95. The molecule has 8 heavy (non-hydrogen) atoms. The maximum absolute atomic E-state index is 5.33. The van der Waals surface area contributed by atoms with Crippen molar-refractivity contribution in [3.63, 3.8) is 0 Å². The van der Waals surface area contributed by atoms with Gasteiger partial charge in [-0.1, -0.05) is 0 Å². The van der Waals surface area contributed by atoms with Crippen LogP contribution in [0.3, 0.4) is 0 Å². The third kappa shape index (κ3) is 1.01. The molecule has 0 atom stereocenters. The summed E-state index contributed by atoms with van der Waals surface area (Å²) in [6.45, 7) is 0. The van der Waals surface area contributed by atoms with Gasteiger partial charge in [0, 0.05) is 31.8 Å². The largest absolute Gasteiger partial charge is 0.354 e. The summed E-state index contributed by atoms with van der Waals surface area (Å²) in [7, 11) is 1.94. The molecule has 1 aliphatic rings. The molecule has 3 nitrogen and oxygen atoms in total. The van der Waals surface area contributed by atoms with Crippen molar-refractivity contribution in [3.05, 3.63) is 24.8 Å². The van der Waals surface area contributed by atoms with Crippen LogP contribution < -0.4 is 5.84 Å². The van der Waals surface area contributed by atoms with Gasteiger partial charge in [-0.15, -0.1) is 0 Å². The molecule has 0 saturated heterocycles. The Morgan fingerprint density at radius 3 is 2.00 bits per heavy atom. The Morgan fingerprint density at radius 1 is 1.12 bits per heavy atom. The molecule has 0 fully saturated rings. The molecule has 0 aromatic carbocycles. The number of nitrogens with zero attached hydrogens (tertiary/aromatic N) is 2. The average molecular weight is 111 g/mol. The van der Waals surface area contributed by atoms with Crippen LogP contribution in [-0.2, 0) is 0 Å². The summed E-state index contributed by atoms with van der Waals surface area (Å²) in [5.74, 6) is 5.33. The van der Waals surface area contributed by atoms with Gasteiger partial charge in [-0.3, -0.25) is 5.01 Å². The Hall–Kier alpha value is -0.960. The summed E-state index contributed by atoms with van der Waals surface area (Å²) >= 11 is 0. The molecule has 0 radical (unpaired) electrons. The fraction of sp³-hybridized carbons (Fsp3) is 0.200. The smallest absolute Gasteiger partial charge is 0.0369 e. The van der Waals surface area contributed by atoms with E-state index in [9.17, 15) is 0 Å². The van der Waals surface area contributed by atoms with E-state index in [0.29, 0.717) is 0 Å². The first-order valence-corrected chi connectivity index (χ1v) is 2.40. The molecule has 0 aliphatic carbocycles. The van der Waals surface area contributed by atoms with Gasteiger partial charge in [-0.25, -0.2) is 5.84 Å². The van der Waals surface area contributed by atoms with Crippen LogP contribution in [0, 0.1) is 0 Å². The lowest BCUT2D eigenvalue weighted by atomic mass is 10.6. The van der Waals surface area contributed by atoms with E-state index in [-0.39, 0.29) is 0 Å². The lowest BCUT2D eigenvalue weighted by molar-refractivity contribution is 0.473. The fourth-order valence-corrected chi connectivity index (χ4v) is 0.464. The molecule has 3 heteroatoms. The van der Waals surface area contributed by atoms with Gasteiger partial charge >= 0.3 is 0 Å². The molecule has 44 valence electrons. The summed E-state index contributed by atoms with van der Waals surface area (Å²) in [5, 5.41) is 1.50. The van der Waals surface area contributed by atoms with Crippen molar-refractivity contribution in [2.45, 2.75) is 0 Å². The summed E-state index contributed by atoms with van der Waals surface area (Å²) in [4.78, 5) is 1.92. The minimum Gasteiger partial charge on any atom is -0.354 e. The van der Waals surface area contributed by atoms with Gasteiger partial charge in [0.2, 0.25) is 0 Å². The molecule has 2 N–H and O–H groups in total. The molecule has 0 spiro atoms. The molecule has 0 aromatic rings. The molecule has 1 aliphatic heterocycles. The zero-order valence-corrected chi connectivity index (χ0v) is 4.78. The number of hydrazine groups is 1. The topological polar surface area (TPSA) is 32.5 Å². The molecular weight excluding hydrogens is 102 g/mol. The Morgan fingerprint density at radius 2 is 1.62 bits per heavy atom. The number of rotatable bonds is 0. The zero-order chi connectivity index (χ0) is 5.98. The van der Waals surface area contributed by atoms with Gasteiger partial charge in [0.05, 0.1) is 0 Å². The second kappa shape index (κ2) is 1.88. The van der Waals surface area contributed by atoms with Gasteiger partial charge in [0.15, 0.2) is 0 Å². The number of hydrogen-bond donors (Lipinski definition) is 1. The van der Waals surface area contributed by atoms with Gasteiger partial charge in [0.1, 0.15) is 0 Å². The van der Waals surface area contributed by atoms with Crippen molar-refractivity contribution in [2.75, 3.05) is 7.05 Å². The van der Waals surface area contributed by atoms with Gasteiger partial charge < -0.3 is 4.90 Å². The van der Waals surface area contributed by atoms with Crippen LogP contribution in [0.25, 0.3) is 0 Å². The first kappa shape index (κ1) is 5.18. The van der Waals surface area contributed by atoms with Gasteiger partial charge in [-0.05, 0) is 0 Å². The molecular formula is C5H9N3. The fourth-order valence-electron chi connectivity index (χ4n) is 0.464. The van der Waals surface area contributed by atoms with Gasteiger partial charge in [0.25, 0.3) is 0 Å². The zero-order valence-electron chi connectivity index (χ0n) is 4.78. The highest BCUT2D eigenvalue weighted by Gasteiger charge is 1.90. The maximum Gasteiger partial charge on any atom is 0.0369 e. The predicted octanol–water partition coefficient (Wildman–Crippen LogP) is 0.0499. The third-order valence-electron chi connectivity index (χ3n) is 0.948. The summed E-state index contributed by atoms with van der Waals surface area (Å²) in [6.07, 6.45) is 7.31. The molecule has 0 unspecified atom stereocenters. The second-order valence-electron chi connectivity index (χ2n) is 1.71. The lowest BCUT2D eigenvalue weighted by Crippen LogP contribution is -2.22. The standard InChI is InChI=1S/C5H9N3/c1-7-2-4-8(6)5-3-7/h2-5H,6H2,1H3. The normalized spacial score (nSPS) is 17.8. The first-order valence-electron chi connectivity index (χ1n) is 2.40. The van der Waals surface area contributed by atoms with E-state index in [2.05, 4.69) is 0 Å². The quantitative estimate of drug-likeness (QED) is 0.448. The molecule has 0 amide bonds. The number of hydrogen-bond acceptors (Lipinski definition) is 3. The van der Waals surface area contributed by atoms with E-state index >= 15 is 0 Å². The maximum atomic E-state index is 5.33. The summed E-state index contributed by atoms with van der Waals surface area (Å²) < 4.78 is 0. The van der Waals surface area contributed by atoms with Crippen molar-refractivity contribution < 1.29 is 0 Å². The van der Waals surface area contributed by atoms with E-state index in [1.165, 1.54) is 5.01 Å². The van der Waals surface area contributed by atoms with Crippen molar-refractivity contribution in [3.8, 4) is 0 Å². The Kier molecular flexibility index (Phi) is 1.22. The van der Waals surface area contributed by atoms with Crippen LogP contribution in [0.15, 0.2) is 24.8 Å². The highest BCUT2D eigenvalue weighted by atomic mass is 15.4. The molecule has 0 saturated carbocycles. The first-order chi connectivity index (χ1) is 3.79. The van der Waals surface area contributed by atoms with E-state index in [4.69, 9.17) is 5.84 Å². The van der Waals surface area contributed by atoms with Crippen molar-refractivity contribution in [1.82, 2.24) is 9.91 Å². The number of nitrogens with two attached hydrogens (primary N) is 1. The van der Waals surface area contributed by atoms with Crippen LogP contribution in [0.1, 0.15) is 0 Å². The molecule has 0 aromatic heterocycles. The van der Waals surface area contributed by atoms with Crippen LogP contribution >= 0.6 is 0 Å². The minimum absolute atomic E-state index is 1.50. The van der Waals surface area contributed by atoms with Crippen molar-refractivity contribution in [2.24, 2.45) is 5.84 Å². The van der Waals surface area contributed by atoms with Crippen LogP contribution in [0.5, 0.6) is 0 Å². The summed E-state index contributed by atoms with van der Waals surface area (Å²) in [5.41, 5.74) is 0. The minimum atomic E-state index is 1.50. The van der Waals surface area contributed by atoms with Crippen LogP contribution in [-0.4, -0.2) is 17.0 Å². The summed E-state index contributed by atoms with van der Waals surface area (Å²) in [6, 6.07) is 0. The predicted molar refractivity (Wildman–Crippen MR) is 32.1 cm³/mol. The Labute approximate surface area is 48.6 Å². The molecule has 0 bridgehead atoms. The van der Waals surface area contributed by atoms with Crippen LogP contribution in [0.4, 0.5) is 0 Å². The van der Waals surface area contributed by atoms with E-state index in [1.807, 2.05) is 24.3 Å². The SMILES string of the molecule is CN1C=CN(N)C=C1. The monoisotopic (exact) mass is 111 g/mol. The van der Waals surface area contributed by atoms with Crippen molar-refractivity contribution >= 4 is 0 Å². The van der Waals surface area contributed by atoms with E-state index in [1.54, 1.807) is 12.4 Å². The Balaban J connectivity index is 2.54. The lowest BCUT2D eigenvalue weighted by Gasteiger charge is -2.16. The molecule has 1 heterocycles.